The van der Waals surface area contributed by atoms with Crippen molar-refractivity contribution in [2.45, 2.75) is 39.5 Å². The molecule has 2 aromatic carbocycles. The second-order valence-electron chi connectivity index (χ2n) is 8.49. The fourth-order valence-corrected chi connectivity index (χ4v) is 3.92. The molecule has 0 aliphatic heterocycles. The summed E-state index contributed by atoms with van der Waals surface area (Å²) >= 11 is 0. The highest BCUT2D eigenvalue weighted by Crippen LogP contribution is 2.34. The molecule has 10 heteroatoms. The Morgan fingerprint density at radius 2 is 1.59 bits per heavy atom. The van der Waals surface area contributed by atoms with E-state index in [1.165, 1.54) is 12.1 Å². The van der Waals surface area contributed by atoms with Crippen LogP contribution in [0.4, 0.5) is 32.2 Å². The van der Waals surface area contributed by atoms with Crippen LogP contribution in [0.3, 0.4) is 0 Å². The van der Waals surface area contributed by atoms with Crippen LogP contribution in [0.5, 0.6) is 0 Å². The number of nitrogens with one attached hydrogen (secondary N) is 1. The third kappa shape index (κ3) is 4.36. The highest BCUT2D eigenvalue weighted by molar-refractivity contribution is 5.92. The topological polar surface area (TPSA) is 54.9 Å². The molecular weight excluding hydrogens is 460 g/mol. The summed E-state index contributed by atoms with van der Waals surface area (Å²) in [5, 5.41) is 2.41. The van der Waals surface area contributed by atoms with Gasteiger partial charge in [-0.05, 0) is 48.9 Å². The van der Waals surface area contributed by atoms with Crippen LogP contribution in [0, 0.1) is 40.8 Å². The highest BCUT2D eigenvalue weighted by atomic mass is 19.2. The summed E-state index contributed by atoms with van der Waals surface area (Å²) in [5.74, 6) is -11.9. The molecule has 0 fully saturated rings. The number of carbonyl (C=O) groups excluding carboxylic acids is 1. The summed E-state index contributed by atoms with van der Waals surface area (Å²) in [4.78, 5) is 21.7. The maximum absolute atomic E-state index is 14.0. The van der Waals surface area contributed by atoms with Gasteiger partial charge in [-0.15, -0.1) is 0 Å². The number of halogens is 6. The Morgan fingerprint density at radius 1 is 0.941 bits per heavy atom. The number of amides is 1. The van der Waals surface area contributed by atoms with Gasteiger partial charge < -0.3 is 5.32 Å². The Hall–Kier alpha value is -3.43. The molecule has 3 aromatic rings. The summed E-state index contributed by atoms with van der Waals surface area (Å²) in [6.07, 6.45) is 0.209. The van der Waals surface area contributed by atoms with E-state index in [4.69, 9.17) is 0 Å². The van der Waals surface area contributed by atoms with E-state index < -0.39 is 47.0 Å². The van der Waals surface area contributed by atoms with E-state index in [1.807, 2.05) is 13.8 Å². The minimum atomic E-state index is -2.29. The van der Waals surface area contributed by atoms with Crippen molar-refractivity contribution in [2.24, 2.45) is 5.92 Å². The summed E-state index contributed by atoms with van der Waals surface area (Å²) in [7, 11) is 0. The molecule has 1 N–H and O–H groups in total. The smallest absolute Gasteiger partial charge is 0.230 e. The third-order valence-electron chi connectivity index (χ3n) is 5.49. The molecule has 1 amide bonds. The monoisotopic (exact) mass is 479 g/mol. The molecule has 0 saturated carbocycles. The Bertz CT molecular complexity index is 1280. The number of aryl methyl sites for hydroxylation is 2. The zero-order valence-corrected chi connectivity index (χ0v) is 18.2. The molecule has 4 nitrogen and oxygen atoms in total. The zero-order chi connectivity index (χ0) is 24.7. The van der Waals surface area contributed by atoms with Crippen LogP contribution in [-0.4, -0.2) is 15.9 Å². The molecule has 0 atom stereocenters. The Kier molecular flexibility index (Phi) is 6.33. The van der Waals surface area contributed by atoms with Crippen molar-refractivity contribution in [2.75, 3.05) is 5.32 Å². The lowest BCUT2D eigenvalue weighted by molar-refractivity contribution is -0.115. The van der Waals surface area contributed by atoms with Gasteiger partial charge in [-0.3, -0.25) is 4.79 Å². The summed E-state index contributed by atoms with van der Waals surface area (Å²) in [6.45, 7) is 3.82. The van der Waals surface area contributed by atoms with Crippen molar-refractivity contribution < 1.29 is 31.1 Å². The van der Waals surface area contributed by atoms with Crippen LogP contribution in [0.2, 0.25) is 0 Å². The van der Waals surface area contributed by atoms with Gasteiger partial charge in [-0.2, -0.15) is 0 Å². The average Bonchev–Trinajstić information content (AvgIpc) is 2.79. The number of fused-ring (bicyclic) bond motifs is 3. The molecule has 1 heterocycles. The maximum atomic E-state index is 14.0. The number of carbonyl (C=O) groups is 1. The largest absolute Gasteiger partial charge is 0.309 e. The van der Waals surface area contributed by atoms with Crippen LogP contribution >= 0.6 is 0 Å². The predicted molar refractivity (Wildman–Crippen MR) is 112 cm³/mol. The van der Waals surface area contributed by atoms with Crippen LogP contribution in [0.1, 0.15) is 36.4 Å². The van der Waals surface area contributed by atoms with Gasteiger partial charge >= 0.3 is 0 Å². The summed E-state index contributed by atoms with van der Waals surface area (Å²) in [6, 6.07) is 4.36. The molecular formula is C24H19F6N3O. The van der Waals surface area contributed by atoms with E-state index in [0.29, 0.717) is 36.3 Å². The van der Waals surface area contributed by atoms with Crippen LogP contribution in [0.25, 0.3) is 11.3 Å². The second-order valence-corrected chi connectivity index (χ2v) is 8.49. The number of rotatable bonds is 5. The summed E-state index contributed by atoms with van der Waals surface area (Å²) in [5.41, 5.74) is 1.74. The van der Waals surface area contributed by atoms with Crippen molar-refractivity contribution in [1.82, 2.24) is 9.97 Å². The number of hydrogen-bond acceptors (Lipinski definition) is 3. The number of nitrogens with zero attached hydrogens (tertiary/aromatic N) is 2. The van der Waals surface area contributed by atoms with E-state index in [-0.39, 0.29) is 17.6 Å². The molecule has 1 aromatic heterocycles. The lowest BCUT2D eigenvalue weighted by atomic mass is 9.91. The van der Waals surface area contributed by atoms with Gasteiger partial charge in [0.05, 0.1) is 23.5 Å². The first-order valence-corrected chi connectivity index (χ1v) is 10.6. The number of aromatic nitrogens is 2. The predicted octanol–water partition coefficient (Wildman–Crippen LogP) is 5.46. The highest BCUT2D eigenvalue weighted by Gasteiger charge is 2.28. The van der Waals surface area contributed by atoms with E-state index in [9.17, 15) is 31.1 Å². The van der Waals surface area contributed by atoms with Crippen LogP contribution in [-0.2, 0) is 30.5 Å². The van der Waals surface area contributed by atoms with Crippen LogP contribution < -0.4 is 5.32 Å². The second kappa shape index (κ2) is 9.08. The first kappa shape index (κ1) is 23.7. The standard InChI is InChI=1S/C24H19F6N3O/c1-10(2)7-16-24(32-15-6-3-11-8-12(25)4-5-13(11)23(15)31-16)33-17(34)9-14-18(26)20(28)22(30)21(29)19(14)27/h4-5,8,10H,3,6-7,9H2,1-2H3,(H,32,33,34). The molecule has 0 radical (unpaired) electrons. The van der Waals surface area contributed by atoms with Crippen molar-refractivity contribution in [3.63, 3.8) is 0 Å². The van der Waals surface area contributed by atoms with Gasteiger partial charge in [0, 0.05) is 11.1 Å². The number of benzene rings is 2. The van der Waals surface area contributed by atoms with Gasteiger partial charge in [0.1, 0.15) is 5.82 Å². The Balaban J connectivity index is 1.69. The maximum Gasteiger partial charge on any atom is 0.230 e. The van der Waals surface area contributed by atoms with E-state index in [1.54, 1.807) is 6.07 Å². The normalized spacial score (nSPS) is 12.5. The van der Waals surface area contributed by atoms with Gasteiger partial charge in [0.15, 0.2) is 29.1 Å². The minimum absolute atomic E-state index is 0.0480. The van der Waals surface area contributed by atoms with Crippen molar-refractivity contribution in [3.8, 4) is 11.3 Å². The first-order chi connectivity index (χ1) is 16.1. The fourth-order valence-electron chi connectivity index (χ4n) is 3.92. The molecule has 1 aliphatic rings. The molecule has 0 spiro atoms. The summed E-state index contributed by atoms with van der Waals surface area (Å²) < 4.78 is 81.9. The van der Waals surface area contributed by atoms with Gasteiger partial charge in [-0.1, -0.05) is 13.8 Å². The van der Waals surface area contributed by atoms with Crippen molar-refractivity contribution in [1.29, 1.82) is 0 Å². The molecule has 4 rings (SSSR count). The number of anilines is 1. The lowest BCUT2D eigenvalue weighted by Gasteiger charge is -2.21. The van der Waals surface area contributed by atoms with Gasteiger partial charge in [-0.25, -0.2) is 36.3 Å². The molecule has 34 heavy (non-hydrogen) atoms. The Labute approximate surface area is 191 Å². The SMILES string of the molecule is CC(C)Cc1nc2c(nc1NC(=O)Cc1c(F)c(F)c(F)c(F)c1F)CCc1cc(F)ccc1-2. The molecule has 178 valence electrons. The van der Waals surface area contributed by atoms with E-state index >= 15 is 0 Å². The fraction of sp³-hybridized carbons (Fsp3) is 0.292. The molecule has 0 saturated heterocycles. The Morgan fingerprint density at radius 3 is 2.24 bits per heavy atom. The molecule has 1 aliphatic carbocycles. The average molecular weight is 479 g/mol. The van der Waals surface area contributed by atoms with Gasteiger partial charge in [0.2, 0.25) is 11.7 Å². The number of hydrogen-bond donors (Lipinski definition) is 1. The van der Waals surface area contributed by atoms with Gasteiger partial charge in [0.25, 0.3) is 0 Å². The molecule has 0 unspecified atom stereocenters. The first-order valence-electron chi connectivity index (χ1n) is 10.6. The van der Waals surface area contributed by atoms with Crippen molar-refractivity contribution >= 4 is 11.7 Å². The zero-order valence-electron chi connectivity index (χ0n) is 18.2. The molecule has 0 bridgehead atoms. The van der Waals surface area contributed by atoms with E-state index in [0.717, 1.165) is 11.1 Å². The van der Waals surface area contributed by atoms with E-state index in [2.05, 4.69) is 15.3 Å². The lowest BCUT2D eigenvalue weighted by Crippen LogP contribution is -2.22. The van der Waals surface area contributed by atoms with Crippen LogP contribution in [0.15, 0.2) is 18.2 Å². The van der Waals surface area contributed by atoms with Crippen molar-refractivity contribution in [3.05, 3.63) is 75.6 Å². The third-order valence-corrected chi connectivity index (χ3v) is 5.49. The minimum Gasteiger partial charge on any atom is -0.309 e. The quantitative estimate of drug-likeness (QED) is 0.301.